The van der Waals surface area contributed by atoms with Crippen molar-refractivity contribution in [2.75, 3.05) is 5.75 Å². The molecule has 0 radical (unpaired) electrons. The Morgan fingerprint density at radius 2 is 2.19 bits per heavy atom. The van der Waals surface area contributed by atoms with Crippen molar-refractivity contribution in [2.45, 2.75) is 30.7 Å². The summed E-state index contributed by atoms with van der Waals surface area (Å²) in [5, 5.41) is 9.47. The van der Waals surface area contributed by atoms with E-state index in [0.717, 1.165) is 30.0 Å². The highest BCUT2D eigenvalue weighted by molar-refractivity contribution is 8.76. The van der Waals surface area contributed by atoms with E-state index in [9.17, 15) is 4.79 Å². The number of pyridine rings is 1. The summed E-state index contributed by atoms with van der Waals surface area (Å²) in [7, 11) is 3.45. The van der Waals surface area contributed by atoms with Crippen LogP contribution in [0.15, 0.2) is 29.4 Å². The zero-order valence-electron chi connectivity index (χ0n) is 8.96. The summed E-state index contributed by atoms with van der Waals surface area (Å²) < 4.78 is 0. The molecule has 1 rings (SSSR count). The highest BCUT2D eigenvalue weighted by Gasteiger charge is 1.97. The fourth-order valence-electron chi connectivity index (χ4n) is 1.11. The van der Waals surface area contributed by atoms with Gasteiger partial charge in [-0.1, -0.05) is 23.3 Å². The van der Waals surface area contributed by atoms with Gasteiger partial charge in [0, 0.05) is 18.4 Å². The number of carboxylic acid groups (broad SMARTS) is 1. The average Bonchev–Trinajstić information content (AvgIpc) is 2.29. The molecule has 0 saturated carbocycles. The van der Waals surface area contributed by atoms with Crippen molar-refractivity contribution >= 4 is 27.6 Å². The van der Waals surface area contributed by atoms with Crippen LogP contribution < -0.4 is 0 Å². The van der Waals surface area contributed by atoms with E-state index in [-0.39, 0.29) is 6.42 Å². The molecule has 0 aromatic carbocycles. The van der Waals surface area contributed by atoms with Crippen molar-refractivity contribution in [2.24, 2.45) is 0 Å². The Bertz CT molecular complexity index is 306. The molecule has 0 aliphatic rings. The number of hydrogen-bond acceptors (Lipinski definition) is 4. The topological polar surface area (TPSA) is 50.2 Å². The number of hydrogen-bond donors (Lipinski definition) is 1. The van der Waals surface area contributed by atoms with E-state index in [1.54, 1.807) is 27.8 Å². The number of nitrogens with zero attached hydrogens (tertiary/aromatic N) is 1. The lowest BCUT2D eigenvalue weighted by atomic mass is 10.2. The summed E-state index contributed by atoms with van der Waals surface area (Å²) in [5.41, 5.74) is 0. The molecule has 1 N–H and O–H groups in total. The van der Waals surface area contributed by atoms with Crippen molar-refractivity contribution in [3.63, 3.8) is 0 Å². The van der Waals surface area contributed by atoms with Crippen molar-refractivity contribution in [3.8, 4) is 0 Å². The minimum absolute atomic E-state index is 0.290. The Labute approximate surface area is 103 Å². The maximum Gasteiger partial charge on any atom is 0.303 e. The number of carbonyl (C=O) groups is 1. The molecule has 88 valence electrons. The summed E-state index contributed by atoms with van der Waals surface area (Å²) in [6.45, 7) is 0. The van der Waals surface area contributed by atoms with Gasteiger partial charge in [0.05, 0.1) is 0 Å². The Morgan fingerprint density at radius 3 is 2.88 bits per heavy atom. The van der Waals surface area contributed by atoms with Gasteiger partial charge < -0.3 is 5.11 Å². The van der Waals surface area contributed by atoms with Crippen LogP contribution in [0.25, 0.3) is 0 Å². The van der Waals surface area contributed by atoms with Gasteiger partial charge in [-0.2, -0.15) is 0 Å². The van der Waals surface area contributed by atoms with Crippen LogP contribution in [0.2, 0.25) is 0 Å². The standard InChI is InChI=1S/C11H15NO2S2/c13-11(14)7-2-1-5-9-15-16-10-6-3-4-8-12-10/h3-4,6,8H,1-2,5,7,9H2,(H,13,14). The summed E-state index contributed by atoms with van der Waals surface area (Å²) in [4.78, 5) is 14.5. The number of unbranched alkanes of at least 4 members (excludes halogenated alkanes) is 2. The molecule has 1 heterocycles. The highest BCUT2D eigenvalue weighted by atomic mass is 33.1. The molecule has 3 nitrogen and oxygen atoms in total. The maximum atomic E-state index is 10.3. The summed E-state index contributed by atoms with van der Waals surface area (Å²) in [5.74, 6) is 0.344. The Hall–Kier alpha value is -0.680. The molecule has 0 atom stereocenters. The Morgan fingerprint density at radius 1 is 1.31 bits per heavy atom. The quantitative estimate of drug-likeness (QED) is 0.571. The molecule has 0 amide bonds. The second kappa shape index (κ2) is 8.47. The van der Waals surface area contributed by atoms with Crippen molar-refractivity contribution in [1.82, 2.24) is 4.98 Å². The molecule has 5 heteroatoms. The predicted octanol–water partition coefficient (Wildman–Crippen LogP) is 3.47. The van der Waals surface area contributed by atoms with E-state index in [1.807, 2.05) is 18.2 Å². The highest BCUT2D eigenvalue weighted by Crippen LogP contribution is 2.29. The Balaban J connectivity index is 1.94. The molecule has 16 heavy (non-hydrogen) atoms. The first-order chi connectivity index (χ1) is 7.79. The molecule has 0 spiro atoms. The monoisotopic (exact) mass is 257 g/mol. The van der Waals surface area contributed by atoms with Gasteiger partial charge in [0.15, 0.2) is 0 Å². The first kappa shape index (κ1) is 13.4. The minimum Gasteiger partial charge on any atom is -0.481 e. The van der Waals surface area contributed by atoms with Gasteiger partial charge in [0.1, 0.15) is 5.03 Å². The minimum atomic E-state index is -0.699. The third-order valence-corrected chi connectivity index (χ3v) is 4.25. The van der Waals surface area contributed by atoms with Gasteiger partial charge in [-0.3, -0.25) is 4.79 Å². The molecule has 0 bridgehead atoms. The van der Waals surface area contributed by atoms with E-state index in [4.69, 9.17) is 5.11 Å². The van der Waals surface area contributed by atoms with Crippen LogP contribution >= 0.6 is 21.6 Å². The van der Waals surface area contributed by atoms with E-state index in [2.05, 4.69) is 4.98 Å². The molecule has 1 aromatic heterocycles. The third kappa shape index (κ3) is 6.74. The normalized spacial score (nSPS) is 10.2. The predicted molar refractivity (Wildman–Crippen MR) is 68.7 cm³/mol. The maximum absolute atomic E-state index is 10.3. The van der Waals surface area contributed by atoms with E-state index >= 15 is 0 Å². The second-order valence-corrected chi connectivity index (χ2v) is 5.71. The second-order valence-electron chi connectivity index (χ2n) is 3.28. The number of aromatic nitrogens is 1. The van der Waals surface area contributed by atoms with Gasteiger partial charge in [-0.25, -0.2) is 4.98 Å². The summed E-state index contributed by atoms with van der Waals surface area (Å²) in [6, 6.07) is 5.87. The zero-order valence-corrected chi connectivity index (χ0v) is 10.6. The van der Waals surface area contributed by atoms with Gasteiger partial charge in [-0.15, -0.1) is 0 Å². The number of carboxylic acids is 1. The largest absolute Gasteiger partial charge is 0.481 e. The van der Waals surface area contributed by atoms with Crippen LogP contribution in [0.3, 0.4) is 0 Å². The van der Waals surface area contributed by atoms with Crippen LogP contribution in [0.5, 0.6) is 0 Å². The van der Waals surface area contributed by atoms with E-state index < -0.39 is 5.97 Å². The summed E-state index contributed by atoms with van der Waals surface area (Å²) in [6.07, 6.45) is 4.91. The van der Waals surface area contributed by atoms with Gasteiger partial charge in [0.2, 0.25) is 0 Å². The molecule has 0 aliphatic carbocycles. The molecular formula is C11H15NO2S2. The van der Waals surface area contributed by atoms with Crippen LogP contribution in [0.4, 0.5) is 0 Å². The van der Waals surface area contributed by atoms with Crippen LogP contribution in [0, 0.1) is 0 Å². The third-order valence-electron chi connectivity index (χ3n) is 1.90. The first-order valence-corrected chi connectivity index (χ1v) is 7.53. The molecule has 0 fully saturated rings. The average molecular weight is 257 g/mol. The lowest BCUT2D eigenvalue weighted by Gasteiger charge is -1.99. The van der Waals surface area contributed by atoms with Crippen LogP contribution in [-0.2, 0) is 4.79 Å². The first-order valence-electron chi connectivity index (χ1n) is 5.21. The van der Waals surface area contributed by atoms with Crippen molar-refractivity contribution < 1.29 is 9.90 Å². The number of aliphatic carboxylic acids is 1. The lowest BCUT2D eigenvalue weighted by Crippen LogP contribution is -1.93. The molecular weight excluding hydrogens is 242 g/mol. The fraction of sp³-hybridized carbons (Fsp3) is 0.455. The number of rotatable bonds is 8. The van der Waals surface area contributed by atoms with Gasteiger partial charge in [-0.05, 0) is 35.8 Å². The Kier molecular flexibility index (Phi) is 7.09. The molecule has 0 saturated heterocycles. The molecule has 0 unspecified atom stereocenters. The van der Waals surface area contributed by atoms with E-state index in [1.165, 1.54) is 0 Å². The molecule has 0 aliphatic heterocycles. The smallest absolute Gasteiger partial charge is 0.303 e. The lowest BCUT2D eigenvalue weighted by molar-refractivity contribution is -0.137. The van der Waals surface area contributed by atoms with Crippen LogP contribution in [0.1, 0.15) is 25.7 Å². The zero-order chi connectivity index (χ0) is 11.6. The SMILES string of the molecule is O=C(O)CCCCCSSc1ccccn1. The molecule has 1 aromatic rings. The van der Waals surface area contributed by atoms with Crippen molar-refractivity contribution in [1.29, 1.82) is 0 Å². The van der Waals surface area contributed by atoms with E-state index in [0.29, 0.717) is 0 Å². The van der Waals surface area contributed by atoms with Gasteiger partial charge in [0.25, 0.3) is 0 Å². The van der Waals surface area contributed by atoms with Gasteiger partial charge >= 0.3 is 5.97 Å². The summed E-state index contributed by atoms with van der Waals surface area (Å²) >= 11 is 0. The van der Waals surface area contributed by atoms with Crippen LogP contribution in [-0.4, -0.2) is 21.8 Å². The van der Waals surface area contributed by atoms with Crippen molar-refractivity contribution in [3.05, 3.63) is 24.4 Å². The fourth-order valence-corrected chi connectivity index (χ4v) is 3.14.